The van der Waals surface area contributed by atoms with E-state index in [9.17, 15) is 0 Å². The number of ether oxygens (including phenoxy) is 1. The van der Waals surface area contributed by atoms with Crippen LogP contribution in [0.4, 0.5) is 0 Å². The third-order valence-electron chi connectivity index (χ3n) is 2.53. The summed E-state index contributed by atoms with van der Waals surface area (Å²) in [5.74, 6) is 1.64. The molecule has 2 rings (SSSR count). The molecule has 0 fully saturated rings. The van der Waals surface area contributed by atoms with E-state index in [4.69, 9.17) is 17.0 Å². The fourth-order valence-electron chi connectivity index (χ4n) is 1.65. The Kier molecular flexibility index (Phi) is 4.46. The lowest BCUT2D eigenvalue weighted by Crippen LogP contribution is -1.97. The molecular weight excluding hydrogens is 260 g/mol. The van der Waals surface area contributed by atoms with E-state index < -0.39 is 0 Å². The summed E-state index contributed by atoms with van der Waals surface area (Å²) < 4.78 is 7.57. The van der Waals surface area contributed by atoms with Crippen molar-refractivity contribution in [1.29, 1.82) is 0 Å². The number of aryl methyl sites for hydroxylation is 1. The standard InChI is InChI=1S/C13H16N4OS/c1-3-12-15-16-13(19)17(12)14-9-10-6-5-7-11(8-10)18-4-2/h5-9H,3-4H2,1-2H3,(H,16,19)/b14-9-. The summed E-state index contributed by atoms with van der Waals surface area (Å²) in [4.78, 5) is 0. The predicted octanol–water partition coefficient (Wildman–Crippen LogP) is 2.78. The molecular formula is C13H16N4OS. The number of aromatic nitrogens is 3. The van der Waals surface area contributed by atoms with Gasteiger partial charge in [0.05, 0.1) is 12.8 Å². The van der Waals surface area contributed by atoms with Gasteiger partial charge in [-0.2, -0.15) is 14.9 Å². The fraction of sp³-hybridized carbons (Fsp3) is 0.308. The van der Waals surface area contributed by atoms with Crippen LogP contribution in [0, 0.1) is 4.77 Å². The van der Waals surface area contributed by atoms with E-state index in [1.165, 1.54) is 0 Å². The second-order valence-corrected chi connectivity index (χ2v) is 4.25. The molecule has 19 heavy (non-hydrogen) atoms. The molecule has 1 aromatic heterocycles. The molecule has 0 spiro atoms. The van der Waals surface area contributed by atoms with Crippen LogP contribution in [0.1, 0.15) is 25.2 Å². The number of nitrogens with zero attached hydrogens (tertiary/aromatic N) is 3. The fourth-order valence-corrected chi connectivity index (χ4v) is 1.85. The number of benzene rings is 1. The summed E-state index contributed by atoms with van der Waals surface area (Å²) in [6, 6.07) is 7.74. The molecule has 1 N–H and O–H groups in total. The molecule has 0 bridgehead atoms. The van der Waals surface area contributed by atoms with Gasteiger partial charge in [0.25, 0.3) is 0 Å². The van der Waals surface area contributed by atoms with Crippen LogP contribution in [-0.4, -0.2) is 27.7 Å². The van der Waals surface area contributed by atoms with Crippen molar-refractivity contribution in [3.05, 3.63) is 40.4 Å². The van der Waals surface area contributed by atoms with Crippen LogP contribution in [0.3, 0.4) is 0 Å². The molecule has 0 aliphatic carbocycles. The highest BCUT2D eigenvalue weighted by atomic mass is 32.1. The Morgan fingerprint density at radius 3 is 3.05 bits per heavy atom. The molecule has 0 saturated carbocycles. The zero-order valence-electron chi connectivity index (χ0n) is 11.0. The molecule has 0 radical (unpaired) electrons. The van der Waals surface area contributed by atoms with Crippen molar-refractivity contribution in [3.63, 3.8) is 0 Å². The zero-order chi connectivity index (χ0) is 13.7. The maximum absolute atomic E-state index is 5.44. The summed E-state index contributed by atoms with van der Waals surface area (Å²) in [5.41, 5.74) is 0.955. The van der Waals surface area contributed by atoms with Gasteiger partial charge in [0.15, 0.2) is 5.82 Å². The number of rotatable bonds is 5. The van der Waals surface area contributed by atoms with Crippen molar-refractivity contribution in [2.75, 3.05) is 6.61 Å². The van der Waals surface area contributed by atoms with Crippen molar-refractivity contribution in [3.8, 4) is 5.75 Å². The van der Waals surface area contributed by atoms with Crippen LogP contribution < -0.4 is 4.74 Å². The van der Waals surface area contributed by atoms with Crippen LogP contribution in [-0.2, 0) is 6.42 Å². The van der Waals surface area contributed by atoms with Crippen LogP contribution in [0.25, 0.3) is 0 Å². The lowest BCUT2D eigenvalue weighted by atomic mass is 10.2. The van der Waals surface area contributed by atoms with Gasteiger partial charge in [0, 0.05) is 6.42 Å². The molecule has 5 nitrogen and oxygen atoms in total. The number of aromatic amines is 1. The van der Waals surface area contributed by atoms with Crippen molar-refractivity contribution >= 4 is 18.4 Å². The van der Waals surface area contributed by atoms with Crippen molar-refractivity contribution in [2.24, 2.45) is 5.10 Å². The smallest absolute Gasteiger partial charge is 0.216 e. The first kappa shape index (κ1) is 13.5. The molecule has 0 aliphatic heterocycles. The minimum atomic E-state index is 0.495. The summed E-state index contributed by atoms with van der Waals surface area (Å²) in [5, 5.41) is 11.2. The minimum Gasteiger partial charge on any atom is -0.494 e. The lowest BCUT2D eigenvalue weighted by molar-refractivity contribution is 0.340. The molecule has 1 aromatic carbocycles. The van der Waals surface area contributed by atoms with Crippen LogP contribution in [0.5, 0.6) is 5.75 Å². The molecule has 0 unspecified atom stereocenters. The Morgan fingerprint density at radius 2 is 2.32 bits per heavy atom. The third kappa shape index (κ3) is 3.29. The van der Waals surface area contributed by atoms with Gasteiger partial charge in [-0.15, -0.1) is 0 Å². The molecule has 1 heterocycles. The topological polar surface area (TPSA) is 55.2 Å². The van der Waals surface area contributed by atoms with E-state index in [0.717, 1.165) is 23.6 Å². The zero-order valence-corrected chi connectivity index (χ0v) is 11.8. The molecule has 0 atom stereocenters. The van der Waals surface area contributed by atoms with E-state index in [1.54, 1.807) is 10.9 Å². The maximum atomic E-state index is 5.44. The molecule has 2 aromatic rings. The highest BCUT2D eigenvalue weighted by Crippen LogP contribution is 2.12. The quantitative estimate of drug-likeness (QED) is 0.675. The van der Waals surface area contributed by atoms with Gasteiger partial charge in [-0.25, -0.2) is 0 Å². The maximum Gasteiger partial charge on any atom is 0.216 e. The summed E-state index contributed by atoms with van der Waals surface area (Å²) >= 11 is 5.13. The normalized spacial score (nSPS) is 11.1. The number of nitrogens with one attached hydrogen (secondary N) is 1. The van der Waals surface area contributed by atoms with E-state index in [1.807, 2.05) is 38.1 Å². The number of hydrogen-bond acceptors (Lipinski definition) is 4. The van der Waals surface area contributed by atoms with E-state index in [-0.39, 0.29) is 0 Å². The predicted molar refractivity (Wildman–Crippen MR) is 77.4 cm³/mol. The summed E-state index contributed by atoms with van der Waals surface area (Å²) in [7, 11) is 0. The first-order chi connectivity index (χ1) is 9.24. The van der Waals surface area contributed by atoms with Crippen LogP contribution in [0.2, 0.25) is 0 Å². The average molecular weight is 276 g/mol. The Bertz CT molecular complexity index is 630. The van der Waals surface area contributed by atoms with Gasteiger partial charge in [-0.3, -0.25) is 5.10 Å². The number of hydrogen-bond donors (Lipinski definition) is 1. The second kappa shape index (κ2) is 6.29. The van der Waals surface area contributed by atoms with Gasteiger partial charge < -0.3 is 4.74 Å². The van der Waals surface area contributed by atoms with Gasteiger partial charge >= 0.3 is 0 Å². The van der Waals surface area contributed by atoms with Crippen molar-refractivity contribution in [2.45, 2.75) is 20.3 Å². The van der Waals surface area contributed by atoms with Gasteiger partial charge in [0.1, 0.15) is 5.75 Å². The second-order valence-electron chi connectivity index (χ2n) is 3.86. The molecule has 0 saturated heterocycles. The first-order valence-corrected chi connectivity index (χ1v) is 6.59. The monoisotopic (exact) mass is 276 g/mol. The molecule has 100 valence electrons. The third-order valence-corrected chi connectivity index (χ3v) is 2.79. The van der Waals surface area contributed by atoms with Gasteiger partial charge in [-0.1, -0.05) is 19.1 Å². The minimum absolute atomic E-state index is 0.495. The van der Waals surface area contributed by atoms with Crippen LogP contribution in [0.15, 0.2) is 29.4 Å². The number of H-pyrrole nitrogens is 1. The SMILES string of the molecule is CCOc1cccc(/C=N\n2c(CC)n[nH]c2=S)c1. The Hall–Kier alpha value is -1.95. The average Bonchev–Trinajstić information content (AvgIpc) is 2.78. The van der Waals surface area contributed by atoms with Gasteiger partial charge in [0.2, 0.25) is 4.77 Å². The molecule has 0 aliphatic rings. The highest BCUT2D eigenvalue weighted by Gasteiger charge is 2.01. The van der Waals surface area contributed by atoms with Crippen molar-refractivity contribution in [1.82, 2.24) is 14.9 Å². The Morgan fingerprint density at radius 1 is 1.47 bits per heavy atom. The Labute approximate surface area is 116 Å². The van der Waals surface area contributed by atoms with E-state index >= 15 is 0 Å². The van der Waals surface area contributed by atoms with E-state index in [0.29, 0.717) is 11.4 Å². The summed E-state index contributed by atoms with van der Waals surface area (Å²) in [6.45, 7) is 4.61. The molecule has 0 amide bonds. The Balaban J connectivity index is 2.24. The first-order valence-electron chi connectivity index (χ1n) is 6.18. The highest BCUT2D eigenvalue weighted by molar-refractivity contribution is 7.71. The largest absolute Gasteiger partial charge is 0.494 e. The lowest BCUT2D eigenvalue weighted by Gasteiger charge is -2.03. The van der Waals surface area contributed by atoms with E-state index in [2.05, 4.69) is 15.3 Å². The summed E-state index contributed by atoms with van der Waals surface area (Å²) in [6.07, 6.45) is 2.51. The van der Waals surface area contributed by atoms with Gasteiger partial charge in [-0.05, 0) is 36.8 Å². The molecule has 6 heteroatoms. The van der Waals surface area contributed by atoms with Crippen LogP contribution >= 0.6 is 12.2 Å². The van der Waals surface area contributed by atoms with Crippen molar-refractivity contribution < 1.29 is 4.74 Å².